The monoisotopic (exact) mass is 322 g/mol. The third-order valence-electron chi connectivity index (χ3n) is 3.63. The van der Waals surface area contributed by atoms with Crippen molar-refractivity contribution in [2.24, 2.45) is 0 Å². The highest BCUT2D eigenvalue weighted by Gasteiger charge is 2.15. The molecule has 0 bridgehead atoms. The van der Waals surface area contributed by atoms with Crippen LogP contribution in [0.25, 0.3) is 10.9 Å². The van der Waals surface area contributed by atoms with Crippen LogP contribution in [-0.2, 0) is 4.74 Å². The molecule has 0 aliphatic carbocycles. The van der Waals surface area contributed by atoms with E-state index in [1.807, 2.05) is 44.2 Å². The number of pyridine rings is 2. The third kappa shape index (κ3) is 3.51. The van der Waals surface area contributed by atoms with E-state index in [9.17, 15) is 4.79 Å². The minimum atomic E-state index is -0.418. The molecule has 3 rings (SSSR count). The SMILES string of the molecule is CCOc1cc(C(=O)OC(C)c2cnc3ccccc3c2)ccn1. The second-order valence-electron chi connectivity index (χ2n) is 5.32. The summed E-state index contributed by atoms with van der Waals surface area (Å²) < 4.78 is 10.8. The normalized spacial score (nSPS) is 11.9. The quantitative estimate of drug-likeness (QED) is 0.666. The van der Waals surface area contributed by atoms with Gasteiger partial charge in [-0.1, -0.05) is 18.2 Å². The molecular formula is C19H18N2O3. The van der Waals surface area contributed by atoms with Gasteiger partial charge < -0.3 is 9.47 Å². The molecule has 2 aromatic heterocycles. The zero-order valence-corrected chi connectivity index (χ0v) is 13.6. The number of esters is 1. The van der Waals surface area contributed by atoms with Crippen LogP contribution in [0.15, 0.2) is 54.9 Å². The molecule has 0 spiro atoms. The number of para-hydroxylation sites is 1. The standard InChI is InChI=1S/C19H18N2O3/c1-3-23-18-11-15(8-9-20-18)19(22)24-13(2)16-10-14-6-4-5-7-17(14)21-12-16/h4-13H,3H2,1-2H3. The summed E-state index contributed by atoms with van der Waals surface area (Å²) in [6.07, 6.45) is 2.86. The smallest absolute Gasteiger partial charge is 0.338 e. The summed E-state index contributed by atoms with van der Waals surface area (Å²) in [7, 11) is 0. The third-order valence-corrected chi connectivity index (χ3v) is 3.63. The van der Waals surface area contributed by atoms with Gasteiger partial charge in [0, 0.05) is 29.4 Å². The number of rotatable bonds is 5. The van der Waals surface area contributed by atoms with Crippen molar-refractivity contribution in [3.05, 3.63) is 66.0 Å². The van der Waals surface area contributed by atoms with Crippen molar-refractivity contribution in [3.63, 3.8) is 0 Å². The zero-order valence-electron chi connectivity index (χ0n) is 13.6. The number of carbonyl (C=O) groups is 1. The summed E-state index contributed by atoms with van der Waals surface area (Å²) in [5.74, 6) is -0.00835. The Morgan fingerprint density at radius 2 is 2.00 bits per heavy atom. The first-order valence-electron chi connectivity index (χ1n) is 7.82. The van der Waals surface area contributed by atoms with Crippen molar-refractivity contribution >= 4 is 16.9 Å². The molecule has 0 aliphatic heterocycles. The maximum atomic E-state index is 12.3. The minimum Gasteiger partial charge on any atom is -0.478 e. The maximum absolute atomic E-state index is 12.3. The molecule has 0 saturated heterocycles. The molecule has 0 saturated carbocycles. The van der Waals surface area contributed by atoms with Gasteiger partial charge in [-0.3, -0.25) is 4.98 Å². The van der Waals surface area contributed by atoms with E-state index in [0.717, 1.165) is 16.5 Å². The Hall–Kier alpha value is -2.95. The molecule has 2 heterocycles. The van der Waals surface area contributed by atoms with Crippen LogP contribution in [0, 0.1) is 0 Å². The van der Waals surface area contributed by atoms with Crippen molar-refractivity contribution in [1.82, 2.24) is 9.97 Å². The van der Waals surface area contributed by atoms with E-state index in [0.29, 0.717) is 18.1 Å². The van der Waals surface area contributed by atoms with Gasteiger partial charge in [-0.25, -0.2) is 9.78 Å². The molecule has 0 aliphatic rings. The number of fused-ring (bicyclic) bond motifs is 1. The summed E-state index contributed by atoms with van der Waals surface area (Å²) in [4.78, 5) is 20.8. The molecule has 0 amide bonds. The van der Waals surface area contributed by atoms with Crippen molar-refractivity contribution in [2.75, 3.05) is 6.61 Å². The highest BCUT2D eigenvalue weighted by atomic mass is 16.5. The van der Waals surface area contributed by atoms with Crippen LogP contribution in [-0.4, -0.2) is 22.5 Å². The van der Waals surface area contributed by atoms with Crippen LogP contribution in [0.5, 0.6) is 5.88 Å². The molecule has 1 aromatic carbocycles. The Morgan fingerprint density at radius 3 is 2.83 bits per heavy atom. The fraction of sp³-hybridized carbons (Fsp3) is 0.211. The van der Waals surface area contributed by atoms with E-state index in [-0.39, 0.29) is 0 Å². The Morgan fingerprint density at radius 1 is 1.17 bits per heavy atom. The Balaban J connectivity index is 1.76. The van der Waals surface area contributed by atoms with Crippen LogP contribution >= 0.6 is 0 Å². The number of benzene rings is 1. The van der Waals surface area contributed by atoms with Crippen LogP contribution < -0.4 is 4.74 Å². The van der Waals surface area contributed by atoms with Gasteiger partial charge in [-0.15, -0.1) is 0 Å². The second-order valence-corrected chi connectivity index (χ2v) is 5.32. The molecular weight excluding hydrogens is 304 g/mol. The first-order chi connectivity index (χ1) is 11.7. The molecule has 24 heavy (non-hydrogen) atoms. The summed E-state index contributed by atoms with van der Waals surface area (Å²) in [5, 5.41) is 1.01. The van der Waals surface area contributed by atoms with Crippen molar-refractivity contribution in [1.29, 1.82) is 0 Å². The van der Waals surface area contributed by atoms with Gasteiger partial charge in [-0.05, 0) is 32.0 Å². The Bertz CT molecular complexity index is 864. The molecule has 0 N–H and O–H groups in total. The maximum Gasteiger partial charge on any atom is 0.338 e. The molecule has 3 aromatic rings. The number of nitrogens with zero attached hydrogens (tertiary/aromatic N) is 2. The lowest BCUT2D eigenvalue weighted by Gasteiger charge is -2.14. The summed E-state index contributed by atoms with van der Waals surface area (Å²) in [6.45, 7) is 4.18. The Labute approximate surface area is 140 Å². The average Bonchev–Trinajstić information content (AvgIpc) is 2.61. The van der Waals surface area contributed by atoms with Crippen LogP contribution in [0.1, 0.15) is 35.9 Å². The summed E-state index contributed by atoms with van der Waals surface area (Å²) in [6, 6.07) is 13.0. The van der Waals surface area contributed by atoms with Gasteiger partial charge in [0.15, 0.2) is 0 Å². The number of carbonyl (C=O) groups excluding carboxylic acids is 1. The first kappa shape index (κ1) is 15.9. The lowest BCUT2D eigenvalue weighted by molar-refractivity contribution is 0.0337. The molecule has 5 nitrogen and oxygen atoms in total. The summed E-state index contributed by atoms with van der Waals surface area (Å²) >= 11 is 0. The average molecular weight is 322 g/mol. The number of aromatic nitrogens is 2. The second kappa shape index (κ2) is 7.08. The summed E-state index contributed by atoms with van der Waals surface area (Å²) in [5.41, 5.74) is 2.17. The van der Waals surface area contributed by atoms with Crippen LogP contribution in [0.4, 0.5) is 0 Å². The topological polar surface area (TPSA) is 61.3 Å². The van der Waals surface area contributed by atoms with E-state index in [1.54, 1.807) is 18.3 Å². The molecule has 0 fully saturated rings. The fourth-order valence-electron chi connectivity index (χ4n) is 2.37. The highest BCUT2D eigenvalue weighted by Crippen LogP contribution is 2.22. The highest BCUT2D eigenvalue weighted by molar-refractivity contribution is 5.89. The predicted molar refractivity (Wildman–Crippen MR) is 91.0 cm³/mol. The van der Waals surface area contributed by atoms with Gasteiger partial charge in [0.05, 0.1) is 17.7 Å². The zero-order chi connectivity index (χ0) is 16.9. The van der Waals surface area contributed by atoms with Crippen LogP contribution in [0.2, 0.25) is 0 Å². The van der Waals surface area contributed by atoms with E-state index < -0.39 is 12.1 Å². The first-order valence-corrected chi connectivity index (χ1v) is 7.82. The molecule has 1 unspecified atom stereocenters. The molecule has 0 radical (unpaired) electrons. The van der Waals surface area contributed by atoms with Gasteiger partial charge >= 0.3 is 5.97 Å². The van der Waals surface area contributed by atoms with Crippen molar-refractivity contribution in [3.8, 4) is 5.88 Å². The van der Waals surface area contributed by atoms with Gasteiger partial charge in [0.1, 0.15) is 6.10 Å². The van der Waals surface area contributed by atoms with Crippen molar-refractivity contribution < 1.29 is 14.3 Å². The largest absolute Gasteiger partial charge is 0.478 e. The van der Waals surface area contributed by atoms with E-state index in [1.165, 1.54) is 6.20 Å². The lowest BCUT2D eigenvalue weighted by Crippen LogP contribution is -2.10. The number of hydrogen-bond acceptors (Lipinski definition) is 5. The molecule has 122 valence electrons. The van der Waals surface area contributed by atoms with Gasteiger partial charge in [0.2, 0.25) is 5.88 Å². The predicted octanol–water partition coefficient (Wildman–Crippen LogP) is 3.95. The minimum absolute atomic E-state index is 0.404. The lowest BCUT2D eigenvalue weighted by atomic mass is 10.1. The van der Waals surface area contributed by atoms with E-state index in [2.05, 4.69) is 9.97 Å². The van der Waals surface area contributed by atoms with Gasteiger partial charge in [-0.2, -0.15) is 0 Å². The van der Waals surface area contributed by atoms with Crippen LogP contribution in [0.3, 0.4) is 0 Å². The molecule has 5 heteroatoms. The Kier molecular flexibility index (Phi) is 4.70. The number of ether oxygens (including phenoxy) is 2. The van der Waals surface area contributed by atoms with E-state index in [4.69, 9.17) is 9.47 Å². The fourth-order valence-corrected chi connectivity index (χ4v) is 2.37. The van der Waals surface area contributed by atoms with E-state index >= 15 is 0 Å². The van der Waals surface area contributed by atoms with Gasteiger partial charge in [0.25, 0.3) is 0 Å². The van der Waals surface area contributed by atoms with Crippen molar-refractivity contribution in [2.45, 2.75) is 20.0 Å². The number of hydrogen-bond donors (Lipinski definition) is 0. The molecule has 1 atom stereocenters.